The van der Waals surface area contributed by atoms with E-state index in [0.717, 1.165) is 29.0 Å². The summed E-state index contributed by atoms with van der Waals surface area (Å²) in [6, 6.07) is 11.2. The average molecular weight is 526 g/mol. The van der Waals surface area contributed by atoms with Crippen molar-refractivity contribution >= 4 is 27.3 Å². The molecule has 35 heavy (non-hydrogen) atoms. The number of nitrogens with one attached hydrogen (secondary N) is 1. The lowest BCUT2D eigenvalue weighted by Gasteiger charge is -2.25. The number of sulfonamides is 1. The molecule has 0 amide bonds. The standard InChI is InChI=1S/C25H39N3O5S2/c1-4-12-28(13-5-2)35(30,31)15-11-25(29)33-24(23(26)17-22-10-7-14-34-22)19-27-18-20-8-6-9-21(16-20)32-3/h6-10,14,16,23-24,27H,4-5,11-13,15,17-19,26H2,1-3H3. The van der Waals surface area contributed by atoms with Gasteiger partial charge in [0.15, 0.2) is 0 Å². The Kier molecular flexibility index (Phi) is 12.7. The van der Waals surface area contributed by atoms with Crippen LogP contribution >= 0.6 is 11.3 Å². The van der Waals surface area contributed by atoms with Crippen LogP contribution in [0.4, 0.5) is 0 Å². The largest absolute Gasteiger partial charge is 0.497 e. The molecule has 3 N–H and O–H groups in total. The molecule has 2 unspecified atom stereocenters. The zero-order valence-corrected chi connectivity index (χ0v) is 22.6. The quantitative estimate of drug-likeness (QED) is 0.305. The highest BCUT2D eigenvalue weighted by Gasteiger charge is 2.26. The van der Waals surface area contributed by atoms with Gasteiger partial charge < -0.3 is 20.5 Å². The van der Waals surface area contributed by atoms with Crippen molar-refractivity contribution in [2.45, 2.75) is 58.2 Å². The Morgan fingerprint density at radius 3 is 2.54 bits per heavy atom. The molecule has 2 aromatic rings. The van der Waals surface area contributed by atoms with Crippen molar-refractivity contribution in [2.75, 3.05) is 32.5 Å². The molecule has 1 heterocycles. The molecule has 0 fully saturated rings. The topological polar surface area (TPSA) is 111 Å². The minimum Gasteiger partial charge on any atom is -0.497 e. The van der Waals surface area contributed by atoms with E-state index in [1.54, 1.807) is 18.4 Å². The van der Waals surface area contributed by atoms with E-state index in [1.165, 1.54) is 4.31 Å². The van der Waals surface area contributed by atoms with Gasteiger partial charge in [-0.1, -0.05) is 32.0 Å². The fraction of sp³-hybridized carbons (Fsp3) is 0.560. The molecule has 0 aliphatic rings. The third kappa shape index (κ3) is 10.3. The number of carbonyl (C=O) groups is 1. The lowest BCUT2D eigenvalue weighted by Crippen LogP contribution is -2.46. The summed E-state index contributed by atoms with van der Waals surface area (Å²) in [6.07, 6.45) is 1.21. The van der Waals surface area contributed by atoms with Crippen LogP contribution < -0.4 is 15.8 Å². The smallest absolute Gasteiger partial charge is 0.307 e. The number of nitrogens with zero attached hydrogens (tertiary/aromatic N) is 1. The Hall–Kier alpha value is -1.98. The highest BCUT2D eigenvalue weighted by atomic mass is 32.2. The van der Waals surface area contributed by atoms with Crippen LogP contribution in [0.5, 0.6) is 5.75 Å². The second kappa shape index (κ2) is 15.2. The molecule has 1 aromatic carbocycles. The van der Waals surface area contributed by atoms with Gasteiger partial charge in [-0.25, -0.2) is 12.7 Å². The molecule has 8 nitrogen and oxygen atoms in total. The van der Waals surface area contributed by atoms with Gasteiger partial charge in [0, 0.05) is 43.5 Å². The van der Waals surface area contributed by atoms with Crippen molar-refractivity contribution in [1.29, 1.82) is 0 Å². The molecule has 0 aliphatic carbocycles. The van der Waals surface area contributed by atoms with Crippen LogP contribution in [0.1, 0.15) is 43.6 Å². The number of thiophene rings is 1. The summed E-state index contributed by atoms with van der Waals surface area (Å²) in [5.41, 5.74) is 7.46. The molecular weight excluding hydrogens is 486 g/mol. The lowest BCUT2D eigenvalue weighted by atomic mass is 10.1. The molecule has 2 atom stereocenters. The predicted molar refractivity (Wildman–Crippen MR) is 141 cm³/mol. The first-order valence-electron chi connectivity index (χ1n) is 12.1. The van der Waals surface area contributed by atoms with Gasteiger partial charge in [0.25, 0.3) is 0 Å². The molecular formula is C25H39N3O5S2. The van der Waals surface area contributed by atoms with Gasteiger partial charge in [0.2, 0.25) is 10.0 Å². The highest BCUT2D eigenvalue weighted by molar-refractivity contribution is 7.89. The minimum atomic E-state index is -3.52. The van der Waals surface area contributed by atoms with E-state index in [2.05, 4.69) is 5.32 Å². The summed E-state index contributed by atoms with van der Waals surface area (Å²) in [5, 5.41) is 5.29. The van der Waals surface area contributed by atoms with Crippen molar-refractivity contribution in [1.82, 2.24) is 9.62 Å². The Balaban J connectivity index is 1.98. The molecule has 10 heteroatoms. The first-order valence-corrected chi connectivity index (χ1v) is 14.6. The lowest BCUT2D eigenvalue weighted by molar-refractivity contribution is -0.149. The summed E-state index contributed by atoms with van der Waals surface area (Å²) >= 11 is 1.60. The maximum atomic E-state index is 12.7. The summed E-state index contributed by atoms with van der Waals surface area (Å²) in [4.78, 5) is 13.8. The van der Waals surface area contributed by atoms with E-state index in [1.807, 2.05) is 55.6 Å². The van der Waals surface area contributed by atoms with Gasteiger partial charge in [0.1, 0.15) is 11.9 Å². The second-order valence-corrected chi connectivity index (χ2v) is 11.5. The molecule has 1 aromatic heterocycles. The Morgan fingerprint density at radius 1 is 1.17 bits per heavy atom. The third-order valence-electron chi connectivity index (χ3n) is 5.49. The Morgan fingerprint density at radius 2 is 1.91 bits per heavy atom. The average Bonchev–Trinajstić information content (AvgIpc) is 3.35. The normalized spacial score (nSPS) is 13.5. The number of benzene rings is 1. The third-order valence-corrected chi connectivity index (χ3v) is 8.26. The fourth-order valence-electron chi connectivity index (χ4n) is 3.67. The first kappa shape index (κ1) is 29.3. The summed E-state index contributed by atoms with van der Waals surface area (Å²) in [6.45, 7) is 5.67. The number of methoxy groups -OCH3 is 1. The molecule has 0 aliphatic heterocycles. The molecule has 0 saturated carbocycles. The van der Waals surface area contributed by atoms with Gasteiger partial charge in [-0.15, -0.1) is 11.3 Å². The van der Waals surface area contributed by atoms with Crippen LogP contribution in [0.15, 0.2) is 41.8 Å². The SMILES string of the molecule is CCCN(CCC)S(=O)(=O)CCC(=O)OC(CNCc1cccc(OC)c1)C(N)Cc1cccs1. The fourth-order valence-corrected chi connectivity index (χ4v) is 6.05. The number of esters is 1. The highest BCUT2D eigenvalue weighted by Crippen LogP contribution is 2.15. The van der Waals surface area contributed by atoms with Crippen LogP contribution in [-0.4, -0.2) is 63.3 Å². The number of hydrogen-bond acceptors (Lipinski definition) is 8. The van der Waals surface area contributed by atoms with Crippen molar-refractivity contribution in [2.24, 2.45) is 5.73 Å². The van der Waals surface area contributed by atoms with Crippen LogP contribution in [0.3, 0.4) is 0 Å². The van der Waals surface area contributed by atoms with Crippen LogP contribution in [-0.2, 0) is 32.5 Å². The molecule has 0 spiro atoms. The van der Waals surface area contributed by atoms with Crippen LogP contribution in [0.2, 0.25) is 0 Å². The summed E-state index contributed by atoms with van der Waals surface area (Å²) < 4.78 is 37.8. The summed E-state index contributed by atoms with van der Waals surface area (Å²) in [7, 11) is -1.90. The zero-order chi connectivity index (χ0) is 25.7. The second-order valence-electron chi connectivity index (χ2n) is 8.42. The number of nitrogens with two attached hydrogens (primary N) is 1. The van der Waals surface area contributed by atoms with E-state index in [9.17, 15) is 13.2 Å². The van der Waals surface area contributed by atoms with E-state index in [-0.39, 0.29) is 12.2 Å². The van der Waals surface area contributed by atoms with Gasteiger partial charge in [-0.2, -0.15) is 0 Å². The van der Waals surface area contributed by atoms with Gasteiger partial charge in [0.05, 0.1) is 19.3 Å². The Bertz CT molecular complexity index is 977. The molecule has 0 bridgehead atoms. The van der Waals surface area contributed by atoms with E-state index in [4.69, 9.17) is 15.2 Å². The molecule has 196 valence electrons. The van der Waals surface area contributed by atoms with Gasteiger partial charge >= 0.3 is 5.97 Å². The maximum absolute atomic E-state index is 12.7. The molecule has 0 saturated heterocycles. The van der Waals surface area contributed by atoms with Gasteiger partial charge in [-0.3, -0.25) is 4.79 Å². The number of ether oxygens (including phenoxy) is 2. The Labute approximate surface area is 213 Å². The first-order chi connectivity index (χ1) is 16.8. The number of carbonyl (C=O) groups excluding carboxylic acids is 1. The zero-order valence-electron chi connectivity index (χ0n) is 20.9. The number of rotatable bonds is 17. The minimum absolute atomic E-state index is 0.204. The van der Waals surface area contributed by atoms with Crippen LogP contribution in [0.25, 0.3) is 0 Å². The van der Waals surface area contributed by atoms with Crippen molar-refractivity contribution in [3.8, 4) is 5.75 Å². The van der Waals surface area contributed by atoms with Crippen LogP contribution in [0, 0.1) is 0 Å². The molecule has 0 radical (unpaired) electrons. The predicted octanol–water partition coefficient (Wildman–Crippen LogP) is 3.17. The molecule has 2 rings (SSSR count). The van der Waals surface area contributed by atoms with Crippen molar-refractivity contribution in [3.63, 3.8) is 0 Å². The van der Waals surface area contributed by atoms with Crippen molar-refractivity contribution < 1.29 is 22.7 Å². The van der Waals surface area contributed by atoms with E-state index in [0.29, 0.717) is 32.6 Å². The maximum Gasteiger partial charge on any atom is 0.307 e. The van der Waals surface area contributed by atoms with E-state index >= 15 is 0 Å². The van der Waals surface area contributed by atoms with E-state index < -0.39 is 28.1 Å². The summed E-state index contributed by atoms with van der Waals surface area (Å²) in [5.74, 6) is -0.0601. The number of hydrogen-bond donors (Lipinski definition) is 2. The van der Waals surface area contributed by atoms with Crippen molar-refractivity contribution in [3.05, 3.63) is 52.2 Å². The monoisotopic (exact) mass is 525 g/mol. The van der Waals surface area contributed by atoms with Gasteiger partial charge in [-0.05, 0) is 42.0 Å².